The van der Waals surface area contributed by atoms with Crippen LogP contribution in [0.5, 0.6) is 0 Å². The molecule has 0 heterocycles. The van der Waals surface area contributed by atoms with Crippen molar-refractivity contribution in [1.82, 2.24) is 10.2 Å². The number of benzene rings is 2. The van der Waals surface area contributed by atoms with Crippen molar-refractivity contribution < 1.29 is 9.59 Å². The Hall–Kier alpha value is -2.24. The third kappa shape index (κ3) is 6.64. The number of carbonyl (C=O) groups is 2. The summed E-state index contributed by atoms with van der Waals surface area (Å²) in [5, 5.41) is 6.39. The summed E-state index contributed by atoms with van der Waals surface area (Å²) in [6, 6.07) is 14.8. The van der Waals surface area contributed by atoms with E-state index in [-0.39, 0.29) is 29.9 Å². The van der Waals surface area contributed by atoms with E-state index in [0.29, 0.717) is 22.3 Å². The standard InChI is InChI=1S/C23H29Cl2N3O2/c1-5-28(15-20(29)27-21-18(24)12-9-13-19(21)25)22(30)26-16(2)14-23(3,4)17-10-7-6-8-11-17/h6-13,16H,5,14-15H2,1-4H3,(H,26,30)(H,27,29). The summed E-state index contributed by atoms with van der Waals surface area (Å²) in [5.41, 5.74) is 1.47. The molecular formula is C23H29Cl2N3O2. The number of para-hydroxylation sites is 1. The van der Waals surface area contributed by atoms with Crippen LogP contribution >= 0.6 is 23.2 Å². The first-order valence-corrected chi connectivity index (χ1v) is 10.7. The van der Waals surface area contributed by atoms with E-state index in [4.69, 9.17) is 23.2 Å². The molecule has 2 N–H and O–H groups in total. The van der Waals surface area contributed by atoms with E-state index in [1.165, 1.54) is 10.5 Å². The molecule has 5 nitrogen and oxygen atoms in total. The van der Waals surface area contributed by atoms with Crippen molar-refractivity contribution in [2.75, 3.05) is 18.4 Å². The monoisotopic (exact) mass is 449 g/mol. The number of carbonyl (C=O) groups excluding carboxylic acids is 2. The third-order valence-corrected chi connectivity index (χ3v) is 5.60. The molecule has 0 saturated carbocycles. The van der Waals surface area contributed by atoms with Gasteiger partial charge >= 0.3 is 6.03 Å². The third-order valence-electron chi connectivity index (χ3n) is 4.97. The van der Waals surface area contributed by atoms with E-state index in [9.17, 15) is 9.59 Å². The van der Waals surface area contributed by atoms with Crippen molar-refractivity contribution in [1.29, 1.82) is 0 Å². The van der Waals surface area contributed by atoms with Gasteiger partial charge in [0.15, 0.2) is 0 Å². The molecule has 0 bridgehead atoms. The molecule has 2 aromatic rings. The predicted octanol–water partition coefficient (Wildman–Crippen LogP) is 5.72. The largest absolute Gasteiger partial charge is 0.335 e. The highest BCUT2D eigenvalue weighted by atomic mass is 35.5. The Morgan fingerprint density at radius 1 is 1.03 bits per heavy atom. The average Bonchev–Trinajstić information content (AvgIpc) is 2.69. The van der Waals surface area contributed by atoms with Gasteiger partial charge in [-0.15, -0.1) is 0 Å². The zero-order valence-electron chi connectivity index (χ0n) is 17.8. The van der Waals surface area contributed by atoms with Crippen LogP contribution in [0, 0.1) is 0 Å². The second kappa shape index (κ2) is 10.7. The number of nitrogens with one attached hydrogen (secondary N) is 2. The van der Waals surface area contributed by atoms with Crippen LogP contribution in [-0.4, -0.2) is 36.0 Å². The summed E-state index contributed by atoms with van der Waals surface area (Å²) in [5.74, 6) is -0.362. The highest BCUT2D eigenvalue weighted by molar-refractivity contribution is 6.39. The molecule has 162 valence electrons. The van der Waals surface area contributed by atoms with Gasteiger partial charge in [0, 0.05) is 12.6 Å². The van der Waals surface area contributed by atoms with Gasteiger partial charge in [-0.25, -0.2) is 4.79 Å². The van der Waals surface area contributed by atoms with Crippen LogP contribution in [-0.2, 0) is 10.2 Å². The highest BCUT2D eigenvalue weighted by Crippen LogP contribution is 2.30. The fourth-order valence-electron chi connectivity index (χ4n) is 3.42. The molecular weight excluding hydrogens is 421 g/mol. The van der Waals surface area contributed by atoms with Crippen LogP contribution in [0.15, 0.2) is 48.5 Å². The Bertz CT molecular complexity index is 852. The summed E-state index contributed by atoms with van der Waals surface area (Å²) < 4.78 is 0. The zero-order valence-corrected chi connectivity index (χ0v) is 19.3. The molecule has 0 aromatic heterocycles. The lowest BCUT2D eigenvalue weighted by Crippen LogP contribution is -2.47. The van der Waals surface area contributed by atoms with Gasteiger partial charge in [0.05, 0.1) is 15.7 Å². The molecule has 0 aliphatic heterocycles. The number of amides is 3. The van der Waals surface area contributed by atoms with Crippen molar-refractivity contribution in [3.05, 3.63) is 64.1 Å². The number of halogens is 2. The molecule has 0 aliphatic carbocycles. The Morgan fingerprint density at radius 2 is 1.63 bits per heavy atom. The maximum Gasteiger partial charge on any atom is 0.318 e. The van der Waals surface area contributed by atoms with E-state index in [1.807, 2.05) is 32.0 Å². The fraction of sp³-hybridized carbons (Fsp3) is 0.391. The Labute approximate surface area is 188 Å². The second-order valence-electron chi connectivity index (χ2n) is 7.96. The second-order valence-corrected chi connectivity index (χ2v) is 8.78. The van der Waals surface area contributed by atoms with Gasteiger partial charge in [0.1, 0.15) is 6.54 Å². The first-order valence-electron chi connectivity index (χ1n) is 9.99. The number of rotatable bonds is 8. The summed E-state index contributed by atoms with van der Waals surface area (Å²) in [7, 11) is 0. The van der Waals surface area contributed by atoms with Gasteiger partial charge < -0.3 is 15.5 Å². The Kier molecular flexibility index (Phi) is 8.56. The van der Waals surface area contributed by atoms with Gasteiger partial charge in [-0.05, 0) is 43.4 Å². The lowest BCUT2D eigenvalue weighted by molar-refractivity contribution is -0.116. The average molecular weight is 450 g/mol. The molecule has 2 aromatic carbocycles. The van der Waals surface area contributed by atoms with Crippen molar-refractivity contribution >= 4 is 40.8 Å². The number of hydrogen-bond acceptors (Lipinski definition) is 2. The van der Waals surface area contributed by atoms with E-state index < -0.39 is 0 Å². The van der Waals surface area contributed by atoms with Gasteiger partial charge in [0.2, 0.25) is 5.91 Å². The molecule has 0 spiro atoms. The molecule has 30 heavy (non-hydrogen) atoms. The maximum atomic E-state index is 12.7. The molecule has 2 rings (SSSR count). The van der Waals surface area contributed by atoms with Crippen LogP contribution < -0.4 is 10.6 Å². The van der Waals surface area contributed by atoms with Gasteiger partial charge in [0.25, 0.3) is 0 Å². The fourth-order valence-corrected chi connectivity index (χ4v) is 3.91. The molecule has 0 radical (unpaired) electrons. The first kappa shape index (κ1) is 24.0. The zero-order chi connectivity index (χ0) is 22.3. The SMILES string of the molecule is CCN(CC(=O)Nc1c(Cl)cccc1Cl)C(=O)NC(C)CC(C)(C)c1ccccc1. The number of anilines is 1. The summed E-state index contributed by atoms with van der Waals surface area (Å²) >= 11 is 12.2. The minimum Gasteiger partial charge on any atom is -0.335 e. The molecule has 0 fully saturated rings. The summed E-state index contributed by atoms with van der Waals surface area (Å²) in [6.07, 6.45) is 0.766. The Morgan fingerprint density at radius 3 is 2.20 bits per heavy atom. The molecule has 0 saturated heterocycles. The normalized spacial score (nSPS) is 12.2. The topological polar surface area (TPSA) is 61.4 Å². The molecule has 0 aliphatic rings. The minimum absolute atomic E-state index is 0.0668. The molecule has 3 amide bonds. The minimum atomic E-state index is -0.362. The van der Waals surface area contributed by atoms with Crippen molar-refractivity contribution in [3.63, 3.8) is 0 Å². The molecule has 1 unspecified atom stereocenters. The van der Waals surface area contributed by atoms with Gasteiger partial charge in [-0.2, -0.15) is 0 Å². The van der Waals surface area contributed by atoms with Crippen molar-refractivity contribution in [2.45, 2.75) is 45.6 Å². The van der Waals surface area contributed by atoms with Crippen LogP contribution in [0.25, 0.3) is 0 Å². The van der Waals surface area contributed by atoms with Gasteiger partial charge in [-0.3, -0.25) is 4.79 Å². The first-order chi connectivity index (χ1) is 14.1. The quantitative estimate of drug-likeness (QED) is 0.541. The summed E-state index contributed by atoms with van der Waals surface area (Å²) in [6.45, 7) is 8.41. The van der Waals surface area contributed by atoms with E-state index >= 15 is 0 Å². The van der Waals surface area contributed by atoms with E-state index in [2.05, 4.69) is 36.6 Å². The predicted molar refractivity (Wildman–Crippen MR) is 124 cm³/mol. The van der Waals surface area contributed by atoms with E-state index in [1.54, 1.807) is 18.2 Å². The lowest BCUT2D eigenvalue weighted by atomic mass is 9.79. The summed E-state index contributed by atoms with van der Waals surface area (Å²) in [4.78, 5) is 26.6. The van der Waals surface area contributed by atoms with Crippen LogP contribution in [0.3, 0.4) is 0 Å². The van der Waals surface area contributed by atoms with Crippen molar-refractivity contribution in [3.8, 4) is 0 Å². The van der Waals surface area contributed by atoms with Crippen LogP contribution in [0.2, 0.25) is 10.0 Å². The molecule has 7 heteroatoms. The van der Waals surface area contributed by atoms with Gasteiger partial charge in [-0.1, -0.05) is 73.4 Å². The Balaban J connectivity index is 1.94. The van der Waals surface area contributed by atoms with Crippen LogP contribution in [0.4, 0.5) is 10.5 Å². The van der Waals surface area contributed by atoms with Crippen LogP contribution in [0.1, 0.15) is 39.7 Å². The lowest BCUT2D eigenvalue weighted by Gasteiger charge is -2.30. The molecule has 1 atom stereocenters. The number of urea groups is 1. The van der Waals surface area contributed by atoms with Crippen molar-refractivity contribution in [2.24, 2.45) is 0 Å². The number of hydrogen-bond donors (Lipinski definition) is 2. The number of likely N-dealkylation sites (N-methyl/N-ethyl adjacent to an activating group) is 1. The van der Waals surface area contributed by atoms with E-state index in [0.717, 1.165) is 6.42 Å². The highest BCUT2D eigenvalue weighted by Gasteiger charge is 2.25. The maximum absolute atomic E-state index is 12.7. The number of nitrogens with zero attached hydrogens (tertiary/aromatic N) is 1. The smallest absolute Gasteiger partial charge is 0.318 e.